The summed E-state index contributed by atoms with van der Waals surface area (Å²) in [5.41, 5.74) is 6.94. The maximum Gasteiger partial charge on any atom is 0.137 e. The molecule has 17 heavy (non-hydrogen) atoms. The number of ether oxygens (including phenoxy) is 1. The summed E-state index contributed by atoms with van der Waals surface area (Å²) in [5.74, 6) is 0.761. The second-order valence-corrected chi connectivity index (χ2v) is 5.87. The summed E-state index contributed by atoms with van der Waals surface area (Å²) in [6.45, 7) is 7.92. The highest BCUT2D eigenvalue weighted by Gasteiger charge is 2.10. The Labute approximate surface area is 109 Å². The van der Waals surface area contributed by atoms with E-state index in [1.165, 1.54) is 0 Å². The average molecular weight is 256 g/mol. The van der Waals surface area contributed by atoms with Crippen molar-refractivity contribution < 1.29 is 4.74 Å². The van der Waals surface area contributed by atoms with E-state index in [0.717, 1.165) is 24.2 Å². The molecular weight excluding hydrogens is 234 g/mol. The molecule has 0 spiro atoms. The maximum atomic E-state index is 6.15. The standard InChI is InChI=1S/C14H22ClNO/c1-14(2,3)7-9-17-13-5-4-11(6-8-16)10-12(13)15/h4-5,10H,6-9,16H2,1-3H3. The third-order valence-corrected chi connectivity index (χ3v) is 2.83. The van der Waals surface area contributed by atoms with Crippen LogP contribution in [0.15, 0.2) is 18.2 Å². The van der Waals surface area contributed by atoms with Gasteiger partial charge >= 0.3 is 0 Å². The van der Waals surface area contributed by atoms with Crippen molar-refractivity contribution >= 4 is 11.6 Å². The van der Waals surface area contributed by atoms with Gasteiger partial charge in [0.05, 0.1) is 11.6 Å². The van der Waals surface area contributed by atoms with Gasteiger partial charge in [0, 0.05) is 0 Å². The van der Waals surface area contributed by atoms with Crippen LogP contribution in [0.3, 0.4) is 0 Å². The lowest BCUT2D eigenvalue weighted by Crippen LogP contribution is -2.11. The van der Waals surface area contributed by atoms with E-state index < -0.39 is 0 Å². The molecule has 0 amide bonds. The van der Waals surface area contributed by atoms with Gasteiger partial charge in [0.15, 0.2) is 0 Å². The van der Waals surface area contributed by atoms with Crippen molar-refractivity contribution in [2.45, 2.75) is 33.6 Å². The highest BCUT2D eigenvalue weighted by Crippen LogP contribution is 2.27. The van der Waals surface area contributed by atoms with E-state index in [4.69, 9.17) is 22.1 Å². The molecule has 0 atom stereocenters. The molecule has 0 aliphatic heterocycles. The predicted octanol–water partition coefficient (Wildman–Crippen LogP) is 3.66. The molecular formula is C14H22ClNO. The van der Waals surface area contributed by atoms with Crippen LogP contribution in [0, 0.1) is 5.41 Å². The fraction of sp³-hybridized carbons (Fsp3) is 0.571. The highest BCUT2D eigenvalue weighted by molar-refractivity contribution is 6.32. The molecule has 0 aliphatic rings. The van der Waals surface area contributed by atoms with Crippen LogP contribution in [0.25, 0.3) is 0 Å². The fourth-order valence-corrected chi connectivity index (χ4v) is 1.71. The van der Waals surface area contributed by atoms with Gasteiger partial charge in [0.2, 0.25) is 0 Å². The lowest BCUT2D eigenvalue weighted by atomic mass is 9.93. The molecule has 3 heteroatoms. The Hall–Kier alpha value is -0.730. The molecule has 0 saturated heterocycles. The monoisotopic (exact) mass is 255 g/mol. The van der Waals surface area contributed by atoms with Crippen LogP contribution in [-0.4, -0.2) is 13.2 Å². The van der Waals surface area contributed by atoms with Gasteiger partial charge < -0.3 is 10.5 Å². The summed E-state index contributed by atoms with van der Waals surface area (Å²) >= 11 is 6.15. The van der Waals surface area contributed by atoms with E-state index in [2.05, 4.69) is 20.8 Å². The summed E-state index contributed by atoms with van der Waals surface area (Å²) in [7, 11) is 0. The van der Waals surface area contributed by atoms with Crippen LogP contribution < -0.4 is 10.5 Å². The second-order valence-electron chi connectivity index (χ2n) is 5.46. The molecule has 1 rings (SSSR count). The molecule has 2 N–H and O–H groups in total. The van der Waals surface area contributed by atoms with Crippen molar-refractivity contribution in [1.29, 1.82) is 0 Å². The van der Waals surface area contributed by atoms with Gasteiger partial charge in [-0.05, 0) is 42.5 Å². The van der Waals surface area contributed by atoms with E-state index in [1.807, 2.05) is 18.2 Å². The molecule has 0 saturated carbocycles. The van der Waals surface area contributed by atoms with Crippen molar-refractivity contribution in [2.75, 3.05) is 13.2 Å². The van der Waals surface area contributed by atoms with Crippen LogP contribution in [0.1, 0.15) is 32.8 Å². The summed E-state index contributed by atoms with van der Waals surface area (Å²) in [6, 6.07) is 5.88. The van der Waals surface area contributed by atoms with Crippen molar-refractivity contribution in [3.63, 3.8) is 0 Å². The first-order valence-electron chi connectivity index (χ1n) is 6.04. The second kappa shape index (κ2) is 6.27. The van der Waals surface area contributed by atoms with Crippen LogP contribution in [0.2, 0.25) is 5.02 Å². The summed E-state index contributed by atoms with van der Waals surface area (Å²) in [4.78, 5) is 0. The lowest BCUT2D eigenvalue weighted by molar-refractivity contribution is 0.243. The summed E-state index contributed by atoms with van der Waals surface area (Å²) < 4.78 is 5.68. The Morgan fingerprint density at radius 3 is 2.53 bits per heavy atom. The average Bonchev–Trinajstić information content (AvgIpc) is 2.20. The largest absolute Gasteiger partial charge is 0.492 e. The molecule has 1 aromatic rings. The topological polar surface area (TPSA) is 35.2 Å². The van der Waals surface area contributed by atoms with Gasteiger partial charge in [0.25, 0.3) is 0 Å². The highest BCUT2D eigenvalue weighted by atomic mass is 35.5. The minimum atomic E-state index is 0.284. The molecule has 0 aliphatic carbocycles. The predicted molar refractivity (Wildman–Crippen MR) is 73.8 cm³/mol. The summed E-state index contributed by atoms with van der Waals surface area (Å²) in [6.07, 6.45) is 1.86. The van der Waals surface area contributed by atoms with Gasteiger partial charge in [-0.1, -0.05) is 38.4 Å². The molecule has 0 bridgehead atoms. The van der Waals surface area contributed by atoms with Crippen molar-refractivity contribution in [2.24, 2.45) is 11.1 Å². The SMILES string of the molecule is CC(C)(C)CCOc1ccc(CCN)cc1Cl. The molecule has 1 aromatic carbocycles. The molecule has 0 radical (unpaired) electrons. The number of rotatable bonds is 5. The summed E-state index contributed by atoms with van der Waals surface area (Å²) in [5, 5.41) is 0.671. The van der Waals surface area contributed by atoms with Crippen molar-refractivity contribution in [3.05, 3.63) is 28.8 Å². The van der Waals surface area contributed by atoms with Crippen LogP contribution in [0.5, 0.6) is 5.75 Å². The normalized spacial score (nSPS) is 11.6. The van der Waals surface area contributed by atoms with Gasteiger partial charge in [-0.25, -0.2) is 0 Å². The van der Waals surface area contributed by atoms with E-state index >= 15 is 0 Å². The molecule has 96 valence electrons. The van der Waals surface area contributed by atoms with Crippen LogP contribution in [0.4, 0.5) is 0 Å². The lowest BCUT2D eigenvalue weighted by Gasteiger charge is -2.18. The Bertz CT molecular complexity index is 358. The Morgan fingerprint density at radius 1 is 1.29 bits per heavy atom. The number of nitrogens with two attached hydrogens (primary N) is 1. The molecule has 0 aromatic heterocycles. The molecule has 0 fully saturated rings. The van der Waals surface area contributed by atoms with Gasteiger partial charge in [-0.2, -0.15) is 0 Å². The van der Waals surface area contributed by atoms with Crippen LogP contribution >= 0.6 is 11.6 Å². The van der Waals surface area contributed by atoms with E-state index in [-0.39, 0.29) is 5.41 Å². The van der Waals surface area contributed by atoms with E-state index in [0.29, 0.717) is 18.2 Å². The van der Waals surface area contributed by atoms with E-state index in [9.17, 15) is 0 Å². The Kier molecular flexibility index (Phi) is 5.29. The zero-order valence-electron chi connectivity index (χ0n) is 10.9. The zero-order chi connectivity index (χ0) is 12.9. The first-order valence-corrected chi connectivity index (χ1v) is 6.41. The maximum absolute atomic E-state index is 6.15. The minimum absolute atomic E-state index is 0.284. The van der Waals surface area contributed by atoms with Gasteiger partial charge in [-0.15, -0.1) is 0 Å². The number of halogens is 1. The number of benzene rings is 1. The zero-order valence-corrected chi connectivity index (χ0v) is 11.7. The minimum Gasteiger partial charge on any atom is -0.492 e. The van der Waals surface area contributed by atoms with Crippen molar-refractivity contribution in [3.8, 4) is 5.75 Å². The quantitative estimate of drug-likeness (QED) is 0.872. The molecule has 0 unspecified atom stereocenters. The molecule has 0 heterocycles. The number of hydrogen-bond acceptors (Lipinski definition) is 2. The van der Waals surface area contributed by atoms with Gasteiger partial charge in [0.1, 0.15) is 5.75 Å². The third kappa shape index (κ3) is 5.42. The Morgan fingerprint density at radius 2 is 2.00 bits per heavy atom. The van der Waals surface area contributed by atoms with Crippen molar-refractivity contribution in [1.82, 2.24) is 0 Å². The third-order valence-electron chi connectivity index (χ3n) is 2.54. The van der Waals surface area contributed by atoms with Crippen LogP contribution in [-0.2, 0) is 6.42 Å². The fourth-order valence-electron chi connectivity index (χ4n) is 1.45. The molecule has 2 nitrogen and oxygen atoms in total. The number of hydrogen-bond donors (Lipinski definition) is 1. The van der Waals surface area contributed by atoms with Gasteiger partial charge in [-0.3, -0.25) is 0 Å². The first-order chi connectivity index (χ1) is 7.92. The van der Waals surface area contributed by atoms with E-state index in [1.54, 1.807) is 0 Å². The smallest absolute Gasteiger partial charge is 0.137 e. The Balaban J connectivity index is 2.54. The first kappa shape index (κ1) is 14.3.